The van der Waals surface area contributed by atoms with Crippen LogP contribution in [-0.4, -0.2) is 18.1 Å². The highest BCUT2D eigenvalue weighted by molar-refractivity contribution is 5.80. The number of ether oxygens (including phenoxy) is 1. The van der Waals surface area contributed by atoms with E-state index in [1.54, 1.807) is 0 Å². The van der Waals surface area contributed by atoms with Crippen molar-refractivity contribution in [3.8, 4) is 5.75 Å². The van der Waals surface area contributed by atoms with Crippen molar-refractivity contribution in [3.05, 3.63) is 29.8 Å². The zero-order chi connectivity index (χ0) is 16.6. The van der Waals surface area contributed by atoms with Gasteiger partial charge >= 0.3 is 0 Å². The van der Waals surface area contributed by atoms with E-state index >= 15 is 0 Å². The molecule has 23 heavy (non-hydrogen) atoms. The van der Waals surface area contributed by atoms with E-state index in [0.717, 1.165) is 24.2 Å². The molecule has 0 aromatic heterocycles. The standard InChI is InChI=1S/C19H28N2O2/c1-11(2)23-16-8-6-13(7-9-16)12(3)21-19(22)17-14-4-5-15(10-14)18(17)20/h6-9,11-12,14-15,17-18H,4-5,10,20H2,1-3H3,(H,21,22). The first kappa shape index (κ1) is 16.3. The third-order valence-corrected chi connectivity index (χ3v) is 5.39. The normalized spacial score (nSPS) is 30.5. The molecule has 5 unspecified atom stereocenters. The summed E-state index contributed by atoms with van der Waals surface area (Å²) in [6, 6.07) is 7.99. The van der Waals surface area contributed by atoms with Gasteiger partial charge in [-0.05, 0) is 69.6 Å². The summed E-state index contributed by atoms with van der Waals surface area (Å²) >= 11 is 0. The Hall–Kier alpha value is -1.55. The predicted molar refractivity (Wildman–Crippen MR) is 91.1 cm³/mol. The molecule has 126 valence electrons. The van der Waals surface area contributed by atoms with Crippen molar-refractivity contribution in [1.82, 2.24) is 5.32 Å². The van der Waals surface area contributed by atoms with Gasteiger partial charge in [0, 0.05) is 6.04 Å². The van der Waals surface area contributed by atoms with Crippen molar-refractivity contribution in [2.45, 2.75) is 58.2 Å². The van der Waals surface area contributed by atoms with E-state index in [-0.39, 0.29) is 30.0 Å². The number of rotatable bonds is 5. The largest absolute Gasteiger partial charge is 0.491 e. The van der Waals surface area contributed by atoms with Gasteiger partial charge in [-0.1, -0.05) is 12.1 Å². The molecule has 2 saturated carbocycles. The molecule has 2 fully saturated rings. The summed E-state index contributed by atoms with van der Waals surface area (Å²) in [6.07, 6.45) is 3.65. The van der Waals surface area contributed by atoms with Crippen LogP contribution in [0.2, 0.25) is 0 Å². The summed E-state index contributed by atoms with van der Waals surface area (Å²) in [7, 11) is 0. The minimum absolute atomic E-state index is 0.000234. The Labute approximate surface area is 138 Å². The van der Waals surface area contributed by atoms with Crippen molar-refractivity contribution in [1.29, 1.82) is 0 Å². The Morgan fingerprint density at radius 1 is 1.17 bits per heavy atom. The van der Waals surface area contributed by atoms with Gasteiger partial charge in [-0.2, -0.15) is 0 Å². The highest BCUT2D eigenvalue weighted by Crippen LogP contribution is 2.47. The number of carbonyl (C=O) groups excluding carboxylic acids is 1. The average molecular weight is 316 g/mol. The SMILES string of the molecule is CC(C)Oc1ccc(C(C)NC(=O)C2C3CCC(C3)C2N)cc1. The molecule has 1 aromatic rings. The lowest BCUT2D eigenvalue weighted by Crippen LogP contribution is -2.45. The quantitative estimate of drug-likeness (QED) is 0.877. The van der Waals surface area contributed by atoms with E-state index in [1.807, 2.05) is 45.0 Å². The number of nitrogens with two attached hydrogens (primary N) is 1. The molecule has 1 aromatic carbocycles. The fourth-order valence-electron chi connectivity index (χ4n) is 4.23. The van der Waals surface area contributed by atoms with Crippen LogP contribution < -0.4 is 15.8 Å². The lowest BCUT2D eigenvalue weighted by atomic mass is 9.84. The Morgan fingerprint density at radius 2 is 1.83 bits per heavy atom. The summed E-state index contributed by atoms with van der Waals surface area (Å²) < 4.78 is 5.65. The van der Waals surface area contributed by atoms with Gasteiger partial charge in [-0.25, -0.2) is 0 Å². The minimum atomic E-state index is -0.0121. The first-order valence-corrected chi connectivity index (χ1v) is 8.78. The zero-order valence-electron chi connectivity index (χ0n) is 14.3. The van der Waals surface area contributed by atoms with Gasteiger partial charge in [0.15, 0.2) is 0 Å². The number of fused-ring (bicyclic) bond motifs is 2. The summed E-state index contributed by atoms with van der Waals surface area (Å²) in [5.41, 5.74) is 7.36. The summed E-state index contributed by atoms with van der Waals surface area (Å²) in [4.78, 5) is 12.6. The number of benzene rings is 1. The molecule has 0 saturated heterocycles. The Balaban J connectivity index is 1.60. The smallest absolute Gasteiger partial charge is 0.225 e. The van der Waals surface area contributed by atoms with Crippen molar-refractivity contribution in [2.75, 3.05) is 0 Å². The molecular weight excluding hydrogens is 288 g/mol. The third kappa shape index (κ3) is 3.37. The maximum Gasteiger partial charge on any atom is 0.225 e. The maximum atomic E-state index is 12.6. The van der Waals surface area contributed by atoms with Gasteiger partial charge in [0.05, 0.1) is 18.1 Å². The van der Waals surface area contributed by atoms with E-state index in [4.69, 9.17) is 10.5 Å². The molecule has 2 bridgehead atoms. The third-order valence-electron chi connectivity index (χ3n) is 5.39. The molecule has 2 aliphatic rings. The highest BCUT2D eigenvalue weighted by atomic mass is 16.5. The summed E-state index contributed by atoms with van der Waals surface area (Å²) in [5.74, 6) is 2.03. The van der Waals surface area contributed by atoms with E-state index in [2.05, 4.69) is 5.32 Å². The minimum Gasteiger partial charge on any atom is -0.491 e. The first-order valence-electron chi connectivity index (χ1n) is 8.78. The van der Waals surface area contributed by atoms with Gasteiger partial charge in [0.25, 0.3) is 0 Å². The molecule has 3 N–H and O–H groups in total. The topological polar surface area (TPSA) is 64.3 Å². The van der Waals surface area contributed by atoms with Crippen LogP contribution in [-0.2, 0) is 4.79 Å². The first-order chi connectivity index (χ1) is 11.0. The van der Waals surface area contributed by atoms with Crippen LogP contribution in [0.1, 0.15) is 51.6 Å². The Morgan fingerprint density at radius 3 is 2.39 bits per heavy atom. The van der Waals surface area contributed by atoms with Crippen LogP contribution in [0.3, 0.4) is 0 Å². The lowest BCUT2D eigenvalue weighted by molar-refractivity contribution is -0.127. The number of nitrogens with one attached hydrogen (secondary N) is 1. The van der Waals surface area contributed by atoms with Gasteiger partial charge in [-0.3, -0.25) is 4.79 Å². The molecule has 1 amide bonds. The Bertz CT molecular complexity index is 553. The van der Waals surface area contributed by atoms with Crippen molar-refractivity contribution >= 4 is 5.91 Å². The second kappa shape index (κ2) is 6.52. The van der Waals surface area contributed by atoms with E-state index < -0.39 is 0 Å². The molecule has 0 spiro atoms. The molecule has 4 nitrogen and oxygen atoms in total. The van der Waals surface area contributed by atoms with Gasteiger partial charge in [-0.15, -0.1) is 0 Å². The van der Waals surface area contributed by atoms with Crippen LogP contribution in [0.4, 0.5) is 0 Å². The zero-order valence-corrected chi connectivity index (χ0v) is 14.3. The van der Waals surface area contributed by atoms with E-state index in [1.165, 1.54) is 6.42 Å². The van der Waals surface area contributed by atoms with Crippen molar-refractivity contribution < 1.29 is 9.53 Å². The lowest BCUT2D eigenvalue weighted by Gasteiger charge is -2.28. The fourth-order valence-corrected chi connectivity index (χ4v) is 4.23. The number of hydrogen-bond donors (Lipinski definition) is 2. The number of amides is 1. The van der Waals surface area contributed by atoms with Crippen LogP contribution in [0.5, 0.6) is 5.75 Å². The monoisotopic (exact) mass is 316 g/mol. The molecular formula is C19H28N2O2. The van der Waals surface area contributed by atoms with E-state index in [0.29, 0.717) is 11.8 Å². The second-order valence-electron chi connectivity index (χ2n) is 7.40. The van der Waals surface area contributed by atoms with Gasteiger partial charge < -0.3 is 15.8 Å². The van der Waals surface area contributed by atoms with E-state index in [9.17, 15) is 4.79 Å². The number of carbonyl (C=O) groups is 1. The van der Waals surface area contributed by atoms with Crippen LogP contribution >= 0.6 is 0 Å². The van der Waals surface area contributed by atoms with Crippen molar-refractivity contribution in [3.63, 3.8) is 0 Å². The molecule has 0 aliphatic heterocycles. The molecule has 0 radical (unpaired) electrons. The molecule has 0 heterocycles. The van der Waals surface area contributed by atoms with Crippen LogP contribution in [0.15, 0.2) is 24.3 Å². The average Bonchev–Trinajstić information content (AvgIpc) is 3.08. The second-order valence-corrected chi connectivity index (χ2v) is 7.40. The predicted octanol–water partition coefficient (Wildman–Crippen LogP) is 3.02. The Kier molecular flexibility index (Phi) is 4.62. The molecule has 5 atom stereocenters. The molecule has 3 rings (SSSR count). The summed E-state index contributed by atoms with van der Waals surface area (Å²) in [6.45, 7) is 6.04. The van der Waals surface area contributed by atoms with Gasteiger partial charge in [0.2, 0.25) is 5.91 Å². The summed E-state index contributed by atoms with van der Waals surface area (Å²) in [5, 5.41) is 3.15. The number of hydrogen-bond acceptors (Lipinski definition) is 3. The maximum absolute atomic E-state index is 12.6. The molecule has 2 aliphatic carbocycles. The van der Waals surface area contributed by atoms with Crippen molar-refractivity contribution in [2.24, 2.45) is 23.5 Å². The van der Waals surface area contributed by atoms with Crippen LogP contribution in [0.25, 0.3) is 0 Å². The van der Waals surface area contributed by atoms with Crippen LogP contribution in [0, 0.1) is 17.8 Å². The molecule has 4 heteroatoms. The van der Waals surface area contributed by atoms with Gasteiger partial charge in [0.1, 0.15) is 5.75 Å². The highest BCUT2D eigenvalue weighted by Gasteiger charge is 2.49. The fraction of sp³-hybridized carbons (Fsp3) is 0.632.